The lowest BCUT2D eigenvalue weighted by Gasteiger charge is -2.25. The minimum atomic E-state index is -0.953. The van der Waals surface area contributed by atoms with E-state index in [0.717, 1.165) is 25.7 Å². The summed E-state index contributed by atoms with van der Waals surface area (Å²) >= 11 is 0. The molecule has 5 nitrogen and oxygen atoms in total. The molecule has 19 heavy (non-hydrogen) atoms. The Hall–Kier alpha value is -1.26. The van der Waals surface area contributed by atoms with Crippen molar-refractivity contribution < 1.29 is 14.7 Å². The van der Waals surface area contributed by atoms with Gasteiger partial charge in [-0.15, -0.1) is 0 Å². The van der Waals surface area contributed by atoms with Crippen molar-refractivity contribution in [2.24, 2.45) is 5.41 Å². The smallest absolute Gasteiger partial charge is 0.326 e. The number of likely N-dealkylation sites (tertiary alicyclic amines) is 1. The van der Waals surface area contributed by atoms with E-state index in [9.17, 15) is 9.59 Å². The monoisotopic (exact) mass is 270 g/mol. The summed E-state index contributed by atoms with van der Waals surface area (Å²) in [6.07, 6.45) is 4.26. The maximum Gasteiger partial charge on any atom is 0.326 e. The molecule has 0 aliphatic carbocycles. The fourth-order valence-electron chi connectivity index (χ4n) is 2.41. The van der Waals surface area contributed by atoms with Crippen LogP contribution in [-0.4, -0.2) is 41.1 Å². The van der Waals surface area contributed by atoms with Crippen LogP contribution in [0.1, 0.15) is 52.9 Å². The zero-order valence-corrected chi connectivity index (χ0v) is 12.2. The Balaban J connectivity index is 2.54. The first kappa shape index (κ1) is 15.8. The SMILES string of the molecule is CCCC(NC(=O)N1CCCC(C)(C)CC1)C(=O)O. The summed E-state index contributed by atoms with van der Waals surface area (Å²) in [6.45, 7) is 7.76. The van der Waals surface area contributed by atoms with Gasteiger partial charge < -0.3 is 15.3 Å². The van der Waals surface area contributed by atoms with E-state index in [-0.39, 0.29) is 11.4 Å². The number of carbonyl (C=O) groups is 2. The van der Waals surface area contributed by atoms with Crippen molar-refractivity contribution in [3.05, 3.63) is 0 Å². The number of nitrogens with one attached hydrogen (secondary N) is 1. The van der Waals surface area contributed by atoms with Crippen LogP contribution < -0.4 is 5.32 Å². The summed E-state index contributed by atoms with van der Waals surface area (Å²) in [5, 5.41) is 11.7. The van der Waals surface area contributed by atoms with Crippen molar-refractivity contribution >= 4 is 12.0 Å². The largest absolute Gasteiger partial charge is 0.480 e. The first-order valence-electron chi connectivity index (χ1n) is 7.14. The highest BCUT2D eigenvalue weighted by Crippen LogP contribution is 2.29. The van der Waals surface area contributed by atoms with Gasteiger partial charge in [0.05, 0.1) is 0 Å². The summed E-state index contributed by atoms with van der Waals surface area (Å²) < 4.78 is 0. The Morgan fingerprint density at radius 3 is 2.58 bits per heavy atom. The van der Waals surface area contributed by atoms with Crippen molar-refractivity contribution in [1.82, 2.24) is 10.2 Å². The van der Waals surface area contributed by atoms with Crippen LogP contribution >= 0.6 is 0 Å². The fourth-order valence-corrected chi connectivity index (χ4v) is 2.41. The van der Waals surface area contributed by atoms with Gasteiger partial charge in [-0.3, -0.25) is 0 Å². The third kappa shape index (κ3) is 5.09. The molecule has 5 heteroatoms. The maximum absolute atomic E-state index is 12.1. The molecule has 0 aromatic carbocycles. The molecule has 1 aliphatic heterocycles. The lowest BCUT2D eigenvalue weighted by molar-refractivity contribution is -0.139. The van der Waals surface area contributed by atoms with E-state index in [2.05, 4.69) is 19.2 Å². The minimum absolute atomic E-state index is 0.237. The number of nitrogens with zero attached hydrogens (tertiary/aromatic N) is 1. The highest BCUT2D eigenvalue weighted by Gasteiger charge is 2.27. The number of carboxylic acids is 1. The van der Waals surface area contributed by atoms with Crippen molar-refractivity contribution in [1.29, 1.82) is 0 Å². The molecule has 1 atom stereocenters. The number of amides is 2. The van der Waals surface area contributed by atoms with Crippen LogP contribution in [-0.2, 0) is 4.79 Å². The van der Waals surface area contributed by atoms with Crippen LogP contribution in [0.5, 0.6) is 0 Å². The molecule has 1 heterocycles. The number of carbonyl (C=O) groups excluding carboxylic acids is 1. The van der Waals surface area contributed by atoms with Gasteiger partial charge in [0.1, 0.15) is 6.04 Å². The van der Waals surface area contributed by atoms with E-state index in [1.54, 1.807) is 4.90 Å². The van der Waals surface area contributed by atoms with Crippen LogP contribution in [0.3, 0.4) is 0 Å². The number of hydrogen-bond acceptors (Lipinski definition) is 2. The Labute approximate surface area is 115 Å². The predicted molar refractivity (Wildman–Crippen MR) is 74.1 cm³/mol. The lowest BCUT2D eigenvalue weighted by Crippen LogP contribution is -2.48. The zero-order valence-electron chi connectivity index (χ0n) is 12.2. The van der Waals surface area contributed by atoms with Gasteiger partial charge in [0.2, 0.25) is 0 Å². The number of carboxylic acid groups (broad SMARTS) is 1. The van der Waals surface area contributed by atoms with Crippen LogP contribution in [0.4, 0.5) is 4.79 Å². The van der Waals surface area contributed by atoms with Crippen molar-refractivity contribution in [3.63, 3.8) is 0 Å². The zero-order chi connectivity index (χ0) is 14.5. The maximum atomic E-state index is 12.1. The first-order valence-corrected chi connectivity index (χ1v) is 7.14. The average Bonchev–Trinajstić information content (AvgIpc) is 2.49. The Morgan fingerprint density at radius 2 is 2.00 bits per heavy atom. The lowest BCUT2D eigenvalue weighted by atomic mass is 9.85. The second-order valence-electron chi connectivity index (χ2n) is 6.13. The molecule has 1 fully saturated rings. The average molecular weight is 270 g/mol. The van der Waals surface area contributed by atoms with Gasteiger partial charge in [0, 0.05) is 13.1 Å². The van der Waals surface area contributed by atoms with E-state index in [4.69, 9.17) is 5.11 Å². The van der Waals surface area contributed by atoms with Crippen molar-refractivity contribution in [2.45, 2.75) is 58.9 Å². The summed E-state index contributed by atoms with van der Waals surface area (Å²) in [6, 6.07) is -1.01. The highest BCUT2D eigenvalue weighted by atomic mass is 16.4. The number of rotatable bonds is 4. The van der Waals surface area contributed by atoms with E-state index < -0.39 is 12.0 Å². The van der Waals surface area contributed by atoms with Crippen molar-refractivity contribution in [3.8, 4) is 0 Å². The van der Waals surface area contributed by atoms with Gasteiger partial charge >= 0.3 is 12.0 Å². The van der Waals surface area contributed by atoms with Gasteiger partial charge in [0.25, 0.3) is 0 Å². The van der Waals surface area contributed by atoms with E-state index in [0.29, 0.717) is 19.5 Å². The molecular weight excluding hydrogens is 244 g/mol. The molecule has 110 valence electrons. The normalized spacial score (nSPS) is 20.5. The fraction of sp³-hybridized carbons (Fsp3) is 0.857. The second kappa shape index (κ2) is 6.78. The molecule has 1 saturated heterocycles. The first-order chi connectivity index (χ1) is 8.85. The molecule has 2 N–H and O–H groups in total. The van der Waals surface area contributed by atoms with Gasteiger partial charge in [-0.1, -0.05) is 27.2 Å². The molecule has 0 radical (unpaired) electrons. The summed E-state index contributed by atoms with van der Waals surface area (Å²) in [4.78, 5) is 24.9. The molecule has 0 bridgehead atoms. The Morgan fingerprint density at radius 1 is 1.32 bits per heavy atom. The minimum Gasteiger partial charge on any atom is -0.480 e. The summed E-state index contributed by atoms with van der Waals surface area (Å²) in [7, 11) is 0. The van der Waals surface area contributed by atoms with E-state index >= 15 is 0 Å². The summed E-state index contributed by atoms with van der Waals surface area (Å²) in [5.41, 5.74) is 0.268. The number of aliphatic carboxylic acids is 1. The van der Waals surface area contributed by atoms with Crippen molar-refractivity contribution in [2.75, 3.05) is 13.1 Å². The molecule has 0 aromatic rings. The molecule has 0 spiro atoms. The topological polar surface area (TPSA) is 69.6 Å². The second-order valence-corrected chi connectivity index (χ2v) is 6.13. The van der Waals surface area contributed by atoms with E-state index in [1.807, 2.05) is 6.92 Å². The molecule has 1 unspecified atom stereocenters. The quantitative estimate of drug-likeness (QED) is 0.824. The third-order valence-electron chi connectivity index (χ3n) is 3.80. The Bertz CT molecular complexity index is 329. The third-order valence-corrected chi connectivity index (χ3v) is 3.80. The van der Waals surface area contributed by atoms with Crippen LogP contribution in [0.15, 0.2) is 0 Å². The predicted octanol–water partition coefficient (Wildman–Crippen LogP) is 2.46. The van der Waals surface area contributed by atoms with Gasteiger partial charge in [-0.25, -0.2) is 9.59 Å². The summed E-state index contributed by atoms with van der Waals surface area (Å²) in [5.74, 6) is -0.953. The molecule has 0 saturated carbocycles. The van der Waals surface area contributed by atoms with Gasteiger partial charge in [0.15, 0.2) is 0 Å². The molecule has 0 aromatic heterocycles. The van der Waals surface area contributed by atoms with Crippen LogP contribution in [0.25, 0.3) is 0 Å². The number of urea groups is 1. The molecular formula is C14H26N2O3. The number of hydrogen-bond donors (Lipinski definition) is 2. The van der Waals surface area contributed by atoms with Crippen LogP contribution in [0.2, 0.25) is 0 Å². The Kier molecular flexibility index (Phi) is 5.63. The standard InChI is InChI=1S/C14H26N2O3/c1-4-6-11(12(17)18)15-13(19)16-9-5-7-14(2,3)8-10-16/h11H,4-10H2,1-3H3,(H,15,19)(H,17,18). The molecule has 1 aliphatic rings. The molecule has 1 rings (SSSR count). The van der Waals surface area contributed by atoms with Gasteiger partial charge in [-0.05, 0) is 31.1 Å². The van der Waals surface area contributed by atoms with Crippen LogP contribution in [0, 0.1) is 5.41 Å². The van der Waals surface area contributed by atoms with Gasteiger partial charge in [-0.2, -0.15) is 0 Å². The van der Waals surface area contributed by atoms with E-state index in [1.165, 1.54) is 0 Å². The highest BCUT2D eigenvalue weighted by molar-refractivity contribution is 5.82. The molecule has 2 amide bonds.